The highest BCUT2D eigenvalue weighted by atomic mass is 35.5. The number of nitrogens with one attached hydrogen (secondary N) is 1. The second kappa shape index (κ2) is 6.39. The number of nitrogens with zero attached hydrogens (tertiary/aromatic N) is 2. The Bertz CT molecular complexity index is 483. The van der Waals surface area contributed by atoms with Gasteiger partial charge < -0.3 is 10.1 Å². The van der Waals surface area contributed by atoms with Crippen molar-refractivity contribution in [2.75, 3.05) is 25.1 Å². The van der Waals surface area contributed by atoms with Crippen LogP contribution in [-0.2, 0) is 4.74 Å². The van der Waals surface area contributed by atoms with E-state index in [1.807, 2.05) is 13.8 Å². The fourth-order valence-corrected chi connectivity index (χ4v) is 1.93. The lowest BCUT2D eigenvalue weighted by molar-refractivity contribution is 0.134. The molecule has 1 fully saturated rings. The number of hydrogen-bond acceptors (Lipinski definition) is 4. The molecule has 0 radical (unpaired) electrons. The molecule has 1 heterocycles. The Hall–Kier alpha value is -1.07. The van der Waals surface area contributed by atoms with Gasteiger partial charge >= 0.3 is 0 Å². The lowest BCUT2D eigenvalue weighted by Gasteiger charge is -2.12. The monoisotopic (exact) mass is 285 g/mol. The van der Waals surface area contributed by atoms with Crippen LogP contribution in [0.5, 0.6) is 0 Å². The average Bonchev–Trinajstić information content (AvgIpc) is 3.17. The quantitative estimate of drug-likeness (QED) is 0.781. The van der Waals surface area contributed by atoms with Crippen LogP contribution < -0.4 is 10.9 Å². The molecule has 0 spiro atoms. The third-order valence-corrected chi connectivity index (χ3v) is 3.41. The second-order valence-corrected chi connectivity index (χ2v) is 5.54. The Balaban J connectivity index is 1.85. The highest BCUT2D eigenvalue weighted by Crippen LogP contribution is 2.28. The zero-order chi connectivity index (χ0) is 13.8. The minimum Gasteiger partial charge on any atom is -0.380 e. The van der Waals surface area contributed by atoms with Gasteiger partial charge in [0.2, 0.25) is 0 Å². The van der Waals surface area contributed by atoms with Gasteiger partial charge in [-0.25, -0.2) is 4.68 Å². The predicted octanol–water partition coefficient (Wildman–Crippen LogP) is 2.32. The average molecular weight is 286 g/mol. The van der Waals surface area contributed by atoms with Gasteiger partial charge in [-0.2, -0.15) is 5.10 Å². The van der Waals surface area contributed by atoms with E-state index < -0.39 is 0 Å². The van der Waals surface area contributed by atoms with Crippen LogP contribution in [0, 0.1) is 5.92 Å². The molecule has 19 heavy (non-hydrogen) atoms. The zero-order valence-corrected chi connectivity index (χ0v) is 12.1. The molecule has 0 aliphatic heterocycles. The maximum absolute atomic E-state index is 11.9. The SMILES string of the molecule is CC(C)n1ncc(NCCOCC2CC2)c(Cl)c1=O. The first-order valence-corrected chi connectivity index (χ1v) is 7.06. The van der Waals surface area contributed by atoms with E-state index in [1.165, 1.54) is 17.5 Å². The van der Waals surface area contributed by atoms with Crippen LogP contribution >= 0.6 is 11.6 Å². The standard InChI is InChI=1S/C13H20ClN3O2/c1-9(2)17-13(18)12(14)11(7-16-17)15-5-6-19-8-10-3-4-10/h7,9-10,15H,3-6,8H2,1-2H3. The Labute approximate surface area is 117 Å². The van der Waals surface area contributed by atoms with Crippen molar-refractivity contribution < 1.29 is 4.74 Å². The summed E-state index contributed by atoms with van der Waals surface area (Å²) in [6.07, 6.45) is 4.16. The van der Waals surface area contributed by atoms with E-state index >= 15 is 0 Å². The summed E-state index contributed by atoms with van der Waals surface area (Å²) < 4.78 is 6.87. The summed E-state index contributed by atoms with van der Waals surface area (Å²) in [5, 5.41) is 7.36. The summed E-state index contributed by atoms with van der Waals surface area (Å²) >= 11 is 6.04. The summed E-state index contributed by atoms with van der Waals surface area (Å²) in [5.41, 5.74) is 0.305. The van der Waals surface area contributed by atoms with E-state index in [-0.39, 0.29) is 16.6 Å². The zero-order valence-electron chi connectivity index (χ0n) is 11.4. The third-order valence-electron chi connectivity index (χ3n) is 3.05. The van der Waals surface area contributed by atoms with E-state index in [1.54, 1.807) is 6.20 Å². The van der Waals surface area contributed by atoms with Crippen LogP contribution in [-0.4, -0.2) is 29.5 Å². The van der Waals surface area contributed by atoms with Gasteiger partial charge in [-0.15, -0.1) is 0 Å². The molecule has 1 saturated carbocycles. The molecular weight excluding hydrogens is 266 g/mol. The largest absolute Gasteiger partial charge is 0.380 e. The van der Waals surface area contributed by atoms with Crippen molar-refractivity contribution in [3.05, 3.63) is 21.6 Å². The van der Waals surface area contributed by atoms with Crippen molar-refractivity contribution >= 4 is 17.3 Å². The van der Waals surface area contributed by atoms with Crippen LogP contribution in [0.25, 0.3) is 0 Å². The van der Waals surface area contributed by atoms with Gasteiger partial charge in [-0.3, -0.25) is 4.79 Å². The van der Waals surface area contributed by atoms with Crippen molar-refractivity contribution in [3.63, 3.8) is 0 Å². The topological polar surface area (TPSA) is 56.1 Å². The van der Waals surface area contributed by atoms with E-state index in [0.29, 0.717) is 18.8 Å². The van der Waals surface area contributed by atoms with Gasteiger partial charge in [0.15, 0.2) is 0 Å². The highest BCUT2D eigenvalue weighted by Gasteiger charge is 2.20. The van der Waals surface area contributed by atoms with E-state index in [2.05, 4.69) is 10.4 Å². The first-order valence-electron chi connectivity index (χ1n) is 6.68. The molecule has 1 aliphatic carbocycles. The third kappa shape index (κ3) is 3.94. The first kappa shape index (κ1) is 14.3. The van der Waals surface area contributed by atoms with Gasteiger partial charge in [0.05, 0.1) is 24.5 Å². The van der Waals surface area contributed by atoms with Crippen molar-refractivity contribution in [1.29, 1.82) is 0 Å². The maximum atomic E-state index is 11.9. The normalized spacial score (nSPS) is 14.9. The Morgan fingerprint density at radius 2 is 2.32 bits per heavy atom. The van der Waals surface area contributed by atoms with Gasteiger partial charge in [0.25, 0.3) is 5.56 Å². The molecule has 106 valence electrons. The molecule has 5 nitrogen and oxygen atoms in total. The van der Waals surface area contributed by atoms with E-state index in [9.17, 15) is 4.79 Å². The van der Waals surface area contributed by atoms with Gasteiger partial charge in [0, 0.05) is 13.2 Å². The minimum atomic E-state index is -0.263. The molecule has 0 saturated heterocycles. The molecule has 0 aromatic carbocycles. The van der Waals surface area contributed by atoms with E-state index in [4.69, 9.17) is 16.3 Å². The number of rotatable bonds is 7. The summed E-state index contributed by atoms with van der Waals surface area (Å²) in [6, 6.07) is 0.000857. The lowest BCUT2D eigenvalue weighted by atomic mass is 10.4. The fourth-order valence-electron chi connectivity index (χ4n) is 1.73. The Kier molecular flexibility index (Phi) is 4.82. The van der Waals surface area contributed by atoms with Crippen LogP contribution in [0.4, 0.5) is 5.69 Å². The molecular formula is C13H20ClN3O2. The molecule has 1 aliphatic rings. The summed E-state index contributed by atoms with van der Waals surface area (Å²) in [6.45, 7) is 5.86. The number of halogens is 1. The fraction of sp³-hybridized carbons (Fsp3) is 0.692. The summed E-state index contributed by atoms with van der Waals surface area (Å²) in [5.74, 6) is 0.764. The Morgan fingerprint density at radius 3 is 2.95 bits per heavy atom. The molecule has 6 heteroatoms. The Morgan fingerprint density at radius 1 is 1.58 bits per heavy atom. The van der Waals surface area contributed by atoms with Crippen molar-refractivity contribution in [2.24, 2.45) is 5.92 Å². The molecule has 0 atom stereocenters. The van der Waals surface area contributed by atoms with Crippen molar-refractivity contribution in [1.82, 2.24) is 9.78 Å². The molecule has 0 bridgehead atoms. The van der Waals surface area contributed by atoms with Crippen LogP contribution in [0.3, 0.4) is 0 Å². The van der Waals surface area contributed by atoms with E-state index in [0.717, 1.165) is 12.5 Å². The van der Waals surface area contributed by atoms with Crippen molar-refractivity contribution in [2.45, 2.75) is 32.7 Å². The number of anilines is 1. The summed E-state index contributed by atoms with van der Waals surface area (Å²) in [7, 11) is 0. The maximum Gasteiger partial charge on any atom is 0.287 e. The molecule has 0 amide bonds. The molecule has 1 N–H and O–H groups in total. The van der Waals surface area contributed by atoms with Gasteiger partial charge in [-0.1, -0.05) is 11.6 Å². The van der Waals surface area contributed by atoms with Gasteiger partial charge in [0.1, 0.15) is 5.02 Å². The van der Waals surface area contributed by atoms with Crippen molar-refractivity contribution in [3.8, 4) is 0 Å². The number of ether oxygens (including phenoxy) is 1. The number of aromatic nitrogens is 2. The van der Waals surface area contributed by atoms with Crippen LogP contribution in [0.2, 0.25) is 5.02 Å². The number of hydrogen-bond donors (Lipinski definition) is 1. The van der Waals surface area contributed by atoms with Crippen LogP contribution in [0.1, 0.15) is 32.7 Å². The molecule has 0 unspecified atom stereocenters. The minimum absolute atomic E-state index is 0.000857. The van der Waals surface area contributed by atoms with Crippen LogP contribution in [0.15, 0.2) is 11.0 Å². The molecule has 1 aromatic rings. The smallest absolute Gasteiger partial charge is 0.287 e. The summed E-state index contributed by atoms with van der Waals surface area (Å²) in [4.78, 5) is 11.9. The second-order valence-electron chi connectivity index (χ2n) is 5.16. The molecule has 1 aromatic heterocycles. The predicted molar refractivity (Wildman–Crippen MR) is 75.9 cm³/mol. The highest BCUT2D eigenvalue weighted by molar-refractivity contribution is 6.32. The molecule has 2 rings (SSSR count). The first-order chi connectivity index (χ1) is 9.09. The lowest BCUT2D eigenvalue weighted by Crippen LogP contribution is -2.26. The van der Waals surface area contributed by atoms with Gasteiger partial charge in [-0.05, 0) is 32.6 Å².